The summed E-state index contributed by atoms with van der Waals surface area (Å²) in [6.45, 7) is 0. The van der Waals surface area contributed by atoms with Crippen molar-refractivity contribution in [2.45, 2.75) is 31.9 Å². The normalized spacial score (nSPS) is 24.2. The number of halogens is 4. The van der Waals surface area contributed by atoms with Crippen LogP contribution in [0.5, 0.6) is 0 Å². The lowest BCUT2D eigenvalue weighted by molar-refractivity contribution is -0.190. The summed E-state index contributed by atoms with van der Waals surface area (Å²) in [6, 6.07) is 6.04. The predicted octanol–water partition coefficient (Wildman–Crippen LogP) is 4.89. The van der Waals surface area contributed by atoms with Gasteiger partial charge >= 0.3 is 6.18 Å². The van der Waals surface area contributed by atoms with Gasteiger partial charge in [-0.3, -0.25) is 4.79 Å². The van der Waals surface area contributed by atoms with E-state index in [1.807, 2.05) is 0 Å². The third-order valence-corrected chi connectivity index (χ3v) is 3.90. The Morgan fingerprint density at radius 3 is 2.26 bits per heavy atom. The van der Waals surface area contributed by atoms with E-state index in [0.29, 0.717) is 29.8 Å². The first kappa shape index (κ1) is 14.4. The molecule has 2 atom stereocenters. The van der Waals surface area contributed by atoms with Crippen LogP contribution in [0, 0.1) is 11.8 Å². The van der Waals surface area contributed by atoms with Gasteiger partial charge in [0.1, 0.15) is 0 Å². The average molecular weight is 291 g/mol. The van der Waals surface area contributed by atoms with E-state index in [2.05, 4.69) is 0 Å². The van der Waals surface area contributed by atoms with Crippen LogP contribution in [0.4, 0.5) is 13.2 Å². The SMILES string of the molecule is O=C(c1ccc(Cl)cc1)C1CCCCC1C(F)(F)F. The number of carbonyl (C=O) groups is 1. The van der Waals surface area contributed by atoms with Crippen molar-refractivity contribution >= 4 is 17.4 Å². The summed E-state index contributed by atoms with van der Waals surface area (Å²) in [4.78, 5) is 12.2. The van der Waals surface area contributed by atoms with Gasteiger partial charge in [0, 0.05) is 16.5 Å². The number of benzene rings is 1. The second kappa shape index (κ2) is 5.53. The number of carbonyl (C=O) groups excluding carboxylic acids is 1. The minimum atomic E-state index is -4.30. The Bertz CT molecular complexity index is 453. The van der Waals surface area contributed by atoms with Crippen LogP contribution in [-0.4, -0.2) is 12.0 Å². The maximum Gasteiger partial charge on any atom is 0.392 e. The summed E-state index contributed by atoms with van der Waals surface area (Å²) >= 11 is 5.71. The van der Waals surface area contributed by atoms with Crippen molar-refractivity contribution in [2.24, 2.45) is 11.8 Å². The minimum Gasteiger partial charge on any atom is -0.294 e. The highest BCUT2D eigenvalue weighted by atomic mass is 35.5. The van der Waals surface area contributed by atoms with E-state index in [0.717, 1.165) is 0 Å². The molecule has 19 heavy (non-hydrogen) atoms. The van der Waals surface area contributed by atoms with Crippen molar-refractivity contribution in [1.29, 1.82) is 0 Å². The van der Waals surface area contributed by atoms with Crippen molar-refractivity contribution < 1.29 is 18.0 Å². The molecule has 1 aromatic carbocycles. The maximum absolute atomic E-state index is 13.0. The molecule has 0 saturated heterocycles. The largest absolute Gasteiger partial charge is 0.392 e. The molecule has 0 N–H and O–H groups in total. The van der Waals surface area contributed by atoms with Crippen LogP contribution < -0.4 is 0 Å². The molecule has 0 spiro atoms. The van der Waals surface area contributed by atoms with E-state index in [9.17, 15) is 18.0 Å². The van der Waals surface area contributed by atoms with E-state index in [1.165, 1.54) is 24.3 Å². The zero-order valence-electron chi connectivity index (χ0n) is 10.2. The fourth-order valence-electron chi connectivity index (χ4n) is 2.66. The van der Waals surface area contributed by atoms with E-state index in [-0.39, 0.29) is 6.42 Å². The van der Waals surface area contributed by atoms with Gasteiger partial charge in [0.25, 0.3) is 0 Å². The Morgan fingerprint density at radius 1 is 1.11 bits per heavy atom. The van der Waals surface area contributed by atoms with Crippen molar-refractivity contribution in [3.05, 3.63) is 34.9 Å². The molecule has 1 aliphatic rings. The molecule has 1 aliphatic carbocycles. The van der Waals surface area contributed by atoms with Crippen molar-refractivity contribution in [1.82, 2.24) is 0 Å². The molecule has 104 valence electrons. The molecule has 2 unspecified atom stereocenters. The fourth-order valence-corrected chi connectivity index (χ4v) is 2.79. The minimum absolute atomic E-state index is 0.0491. The molecule has 0 bridgehead atoms. The number of hydrogen-bond acceptors (Lipinski definition) is 1. The Hall–Kier alpha value is -1.03. The average Bonchev–Trinajstić information content (AvgIpc) is 2.38. The van der Waals surface area contributed by atoms with Gasteiger partial charge in [-0.15, -0.1) is 0 Å². The van der Waals surface area contributed by atoms with Crippen LogP contribution in [0.1, 0.15) is 36.0 Å². The standard InChI is InChI=1S/C14H14ClF3O/c15-10-7-5-9(6-8-10)13(19)11-3-1-2-4-12(11)14(16,17)18/h5-8,11-12H,1-4H2. The lowest BCUT2D eigenvalue weighted by Gasteiger charge is -2.32. The van der Waals surface area contributed by atoms with Gasteiger partial charge < -0.3 is 0 Å². The Balaban J connectivity index is 2.22. The van der Waals surface area contributed by atoms with Gasteiger partial charge in [0.05, 0.1) is 5.92 Å². The third-order valence-electron chi connectivity index (χ3n) is 3.65. The molecule has 1 aromatic rings. The molecule has 0 radical (unpaired) electrons. The number of hydrogen-bond donors (Lipinski definition) is 0. The van der Waals surface area contributed by atoms with Crippen LogP contribution >= 0.6 is 11.6 Å². The number of alkyl halides is 3. The molecule has 0 heterocycles. The molecule has 0 aromatic heterocycles. The number of rotatable bonds is 2. The highest BCUT2D eigenvalue weighted by Gasteiger charge is 2.47. The molecule has 0 amide bonds. The lowest BCUT2D eigenvalue weighted by atomic mass is 9.75. The van der Waals surface area contributed by atoms with Crippen molar-refractivity contribution in [3.63, 3.8) is 0 Å². The lowest BCUT2D eigenvalue weighted by Crippen LogP contribution is -2.37. The first-order valence-corrected chi connectivity index (χ1v) is 6.64. The van der Waals surface area contributed by atoms with Gasteiger partial charge in [-0.2, -0.15) is 13.2 Å². The van der Waals surface area contributed by atoms with E-state index in [1.54, 1.807) is 0 Å². The molecular weight excluding hydrogens is 277 g/mol. The van der Waals surface area contributed by atoms with E-state index >= 15 is 0 Å². The van der Waals surface area contributed by atoms with Gasteiger partial charge in [-0.25, -0.2) is 0 Å². The van der Waals surface area contributed by atoms with Crippen LogP contribution in [0.3, 0.4) is 0 Å². The van der Waals surface area contributed by atoms with Crippen LogP contribution in [0.2, 0.25) is 5.02 Å². The molecule has 0 aliphatic heterocycles. The van der Waals surface area contributed by atoms with Crippen molar-refractivity contribution in [3.8, 4) is 0 Å². The molecular formula is C14H14ClF3O. The molecule has 1 saturated carbocycles. The summed E-state index contributed by atoms with van der Waals surface area (Å²) in [7, 11) is 0. The summed E-state index contributed by atoms with van der Waals surface area (Å²) in [5, 5.41) is 0.465. The number of ketones is 1. The zero-order valence-corrected chi connectivity index (χ0v) is 11.0. The highest BCUT2D eigenvalue weighted by Crippen LogP contribution is 2.42. The smallest absolute Gasteiger partial charge is 0.294 e. The predicted molar refractivity (Wildman–Crippen MR) is 67.3 cm³/mol. The second-order valence-electron chi connectivity index (χ2n) is 4.91. The first-order valence-electron chi connectivity index (χ1n) is 6.26. The Labute approximate surface area is 114 Å². The second-order valence-corrected chi connectivity index (χ2v) is 5.35. The quantitative estimate of drug-likeness (QED) is 0.709. The van der Waals surface area contributed by atoms with Crippen LogP contribution in [0.15, 0.2) is 24.3 Å². The van der Waals surface area contributed by atoms with Gasteiger partial charge in [-0.1, -0.05) is 24.4 Å². The number of Topliss-reactive ketones (excluding diaryl/α,β-unsaturated/α-hetero) is 1. The summed E-state index contributed by atoms with van der Waals surface area (Å²) in [6.07, 6.45) is -2.72. The maximum atomic E-state index is 13.0. The van der Waals surface area contributed by atoms with Gasteiger partial charge in [0.15, 0.2) is 5.78 Å². The van der Waals surface area contributed by atoms with Crippen molar-refractivity contribution in [2.75, 3.05) is 0 Å². The third kappa shape index (κ3) is 3.30. The monoisotopic (exact) mass is 290 g/mol. The van der Waals surface area contributed by atoms with Gasteiger partial charge in [0.2, 0.25) is 0 Å². The van der Waals surface area contributed by atoms with Crippen LogP contribution in [-0.2, 0) is 0 Å². The first-order chi connectivity index (χ1) is 8.89. The molecule has 5 heteroatoms. The summed E-state index contributed by atoms with van der Waals surface area (Å²) in [5.41, 5.74) is 0.311. The highest BCUT2D eigenvalue weighted by molar-refractivity contribution is 6.30. The van der Waals surface area contributed by atoms with Crippen LogP contribution in [0.25, 0.3) is 0 Å². The van der Waals surface area contributed by atoms with Gasteiger partial charge in [-0.05, 0) is 37.1 Å². The molecule has 1 nitrogen and oxygen atoms in total. The summed E-state index contributed by atoms with van der Waals surface area (Å²) in [5.74, 6) is -2.88. The summed E-state index contributed by atoms with van der Waals surface area (Å²) < 4.78 is 38.9. The zero-order chi connectivity index (χ0) is 14.0. The Kier molecular flexibility index (Phi) is 4.19. The topological polar surface area (TPSA) is 17.1 Å². The molecule has 2 rings (SSSR count). The molecule has 1 fully saturated rings. The Morgan fingerprint density at radius 2 is 1.68 bits per heavy atom. The fraction of sp³-hybridized carbons (Fsp3) is 0.500. The van der Waals surface area contributed by atoms with E-state index in [4.69, 9.17) is 11.6 Å². The van der Waals surface area contributed by atoms with E-state index < -0.39 is 23.8 Å².